The third-order valence-electron chi connectivity index (χ3n) is 2.68. The first-order valence-electron chi connectivity index (χ1n) is 5.67. The van der Waals surface area contributed by atoms with E-state index in [-0.39, 0.29) is 5.56 Å². The summed E-state index contributed by atoms with van der Waals surface area (Å²) < 4.78 is 1.19. The smallest absolute Gasteiger partial charge is 0.273 e. The van der Waals surface area contributed by atoms with E-state index in [2.05, 4.69) is 5.10 Å². The molecule has 1 aromatic heterocycles. The molecule has 0 aliphatic rings. The highest BCUT2D eigenvalue weighted by molar-refractivity contribution is 5.81. The van der Waals surface area contributed by atoms with E-state index in [1.807, 2.05) is 38.1 Å². The topological polar surface area (TPSA) is 60.4 Å². The Bertz CT molecular complexity index is 656. The lowest BCUT2D eigenvalue weighted by Gasteiger charge is -2.04. The molecule has 0 amide bonds. The van der Waals surface area contributed by atoms with E-state index in [1.54, 1.807) is 12.3 Å². The molecule has 92 valence electrons. The molecule has 0 unspecified atom stereocenters. The van der Waals surface area contributed by atoms with Crippen molar-refractivity contribution in [2.45, 2.75) is 13.8 Å². The van der Waals surface area contributed by atoms with Gasteiger partial charge in [0.1, 0.15) is 5.82 Å². The molecule has 0 aliphatic heterocycles. The van der Waals surface area contributed by atoms with Crippen molar-refractivity contribution < 1.29 is 0 Å². The van der Waals surface area contributed by atoms with Gasteiger partial charge in [-0.15, -0.1) is 0 Å². The Balaban J connectivity index is 2.42. The largest absolute Gasteiger partial charge is 0.384 e. The minimum Gasteiger partial charge on any atom is -0.384 e. The van der Waals surface area contributed by atoms with Crippen molar-refractivity contribution in [2.75, 3.05) is 5.73 Å². The van der Waals surface area contributed by atoms with E-state index in [0.717, 1.165) is 16.7 Å². The van der Waals surface area contributed by atoms with E-state index in [1.165, 1.54) is 10.7 Å². The zero-order valence-electron chi connectivity index (χ0n) is 10.4. The Hall–Kier alpha value is -2.36. The van der Waals surface area contributed by atoms with Gasteiger partial charge in [-0.05, 0) is 36.6 Å². The Labute approximate surface area is 105 Å². The van der Waals surface area contributed by atoms with Crippen LogP contribution in [0.1, 0.15) is 16.7 Å². The van der Waals surface area contributed by atoms with Crippen LogP contribution in [0.25, 0.3) is 0 Å². The second kappa shape index (κ2) is 4.87. The Kier molecular flexibility index (Phi) is 3.28. The first-order valence-corrected chi connectivity index (χ1v) is 5.67. The van der Waals surface area contributed by atoms with Gasteiger partial charge in [0.25, 0.3) is 5.56 Å². The zero-order valence-corrected chi connectivity index (χ0v) is 10.4. The molecule has 2 rings (SSSR count). The highest BCUT2D eigenvalue weighted by Gasteiger charge is 2.00. The maximum absolute atomic E-state index is 11.7. The molecule has 2 N–H and O–H groups in total. The lowest BCUT2D eigenvalue weighted by Crippen LogP contribution is -2.19. The molecular formula is C14H15N3O. The Morgan fingerprint density at radius 1 is 1.22 bits per heavy atom. The van der Waals surface area contributed by atoms with Crippen molar-refractivity contribution in [3.63, 3.8) is 0 Å². The summed E-state index contributed by atoms with van der Waals surface area (Å²) >= 11 is 0. The van der Waals surface area contributed by atoms with Crippen molar-refractivity contribution in [2.24, 2.45) is 5.10 Å². The van der Waals surface area contributed by atoms with Gasteiger partial charge in [0.05, 0.1) is 6.21 Å². The van der Waals surface area contributed by atoms with Crippen molar-refractivity contribution in [3.05, 3.63) is 63.4 Å². The van der Waals surface area contributed by atoms with Crippen molar-refractivity contribution >= 4 is 12.0 Å². The van der Waals surface area contributed by atoms with Gasteiger partial charge in [-0.2, -0.15) is 9.78 Å². The van der Waals surface area contributed by atoms with Crippen LogP contribution in [-0.2, 0) is 0 Å². The maximum atomic E-state index is 11.7. The first kappa shape index (κ1) is 12.1. The van der Waals surface area contributed by atoms with E-state index in [4.69, 9.17) is 5.73 Å². The predicted octanol–water partition coefficient (Wildman–Crippen LogP) is 1.93. The summed E-state index contributed by atoms with van der Waals surface area (Å²) in [5.41, 5.74) is 8.44. The molecule has 0 saturated carbocycles. The summed E-state index contributed by atoms with van der Waals surface area (Å²) in [7, 11) is 0. The van der Waals surface area contributed by atoms with Gasteiger partial charge in [-0.1, -0.05) is 24.3 Å². The van der Waals surface area contributed by atoms with Crippen LogP contribution < -0.4 is 11.3 Å². The van der Waals surface area contributed by atoms with E-state index in [0.29, 0.717) is 5.82 Å². The molecule has 18 heavy (non-hydrogen) atoms. The number of pyridine rings is 1. The number of nitrogens with two attached hydrogens (primary N) is 1. The number of nitrogen functional groups attached to an aromatic ring is 1. The third-order valence-corrected chi connectivity index (χ3v) is 2.68. The quantitative estimate of drug-likeness (QED) is 0.817. The minimum absolute atomic E-state index is 0.225. The van der Waals surface area contributed by atoms with Crippen LogP contribution in [0.3, 0.4) is 0 Å². The molecule has 1 aromatic carbocycles. The normalized spacial score (nSPS) is 11.0. The molecule has 0 radical (unpaired) electrons. The number of anilines is 1. The van der Waals surface area contributed by atoms with Gasteiger partial charge in [0, 0.05) is 6.07 Å². The summed E-state index contributed by atoms with van der Waals surface area (Å²) in [6, 6.07) is 11.0. The molecule has 1 heterocycles. The van der Waals surface area contributed by atoms with E-state index < -0.39 is 0 Å². The number of aryl methyl sites for hydroxylation is 2. The van der Waals surface area contributed by atoms with Gasteiger partial charge in [0.2, 0.25) is 0 Å². The van der Waals surface area contributed by atoms with Crippen molar-refractivity contribution in [3.8, 4) is 0 Å². The number of nitrogens with zero attached hydrogens (tertiary/aromatic N) is 2. The van der Waals surface area contributed by atoms with Gasteiger partial charge in [-0.25, -0.2) is 0 Å². The summed E-state index contributed by atoms with van der Waals surface area (Å²) in [6.45, 7) is 3.82. The molecule has 0 spiro atoms. The molecular weight excluding hydrogens is 226 g/mol. The lowest BCUT2D eigenvalue weighted by molar-refractivity contribution is 0.843. The van der Waals surface area contributed by atoms with Gasteiger partial charge in [0.15, 0.2) is 0 Å². The average Bonchev–Trinajstić information content (AvgIpc) is 2.30. The van der Waals surface area contributed by atoms with Gasteiger partial charge >= 0.3 is 0 Å². The highest BCUT2D eigenvalue weighted by atomic mass is 16.1. The monoisotopic (exact) mass is 241 g/mol. The van der Waals surface area contributed by atoms with E-state index in [9.17, 15) is 4.79 Å². The Morgan fingerprint density at radius 3 is 2.61 bits per heavy atom. The van der Waals surface area contributed by atoms with Crippen LogP contribution in [0.2, 0.25) is 0 Å². The second-order valence-electron chi connectivity index (χ2n) is 4.21. The summed E-state index contributed by atoms with van der Waals surface area (Å²) in [6.07, 6.45) is 1.64. The maximum Gasteiger partial charge on any atom is 0.273 e. The van der Waals surface area contributed by atoms with Crippen LogP contribution in [-0.4, -0.2) is 10.9 Å². The molecule has 0 aliphatic carbocycles. The average molecular weight is 241 g/mol. The second-order valence-corrected chi connectivity index (χ2v) is 4.21. The molecule has 0 atom stereocenters. The number of aromatic nitrogens is 1. The number of hydrogen-bond donors (Lipinski definition) is 1. The van der Waals surface area contributed by atoms with Crippen molar-refractivity contribution in [1.82, 2.24) is 4.68 Å². The minimum atomic E-state index is -0.225. The summed E-state index contributed by atoms with van der Waals surface area (Å²) in [5.74, 6) is 0.338. The predicted molar refractivity (Wildman–Crippen MR) is 74.0 cm³/mol. The molecule has 4 heteroatoms. The highest BCUT2D eigenvalue weighted by Crippen LogP contribution is 2.05. The number of rotatable bonds is 2. The zero-order chi connectivity index (χ0) is 13.1. The summed E-state index contributed by atoms with van der Waals surface area (Å²) in [4.78, 5) is 11.7. The van der Waals surface area contributed by atoms with Gasteiger partial charge < -0.3 is 5.73 Å². The van der Waals surface area contributed by atoms with Crippen LogP contribution in [0, 0.1) is 13.8 Å². The third kappa shape index (κ3) is 2.48. The summed E-state index contributed by atoms with van der Waals surface area (Å²) in [5, 5.41) is 4.13. The first-order chi connectivity index (χ1) is 8.58. The van der Waals surface area contributed by atoms with Crippen LogP contribution in [0.15, 0.2) is 46.3 Å². The molecule has 0 saturated heterocycles. The van der Waals surface area contributed by atoms with Crippen LogP contribution in [0.4, 0.5) is 5.82 Å². The van der Waals surface area contributed by atoms with Gasteiger partial charge in [-0.3, -0.25) is 4.79 Å². The SMILES string of the molecule is Cc1cc(N)n(/N=C\c2ccccc2C)c(=O)c1. The lowest BCUT2D eigenvalue weighted by atomic mass is 10.1. The molecule has 2 aromatic rings. The standard InChI is InChI=1S/C14H15N3O/c1-10-7-13(15)17(14(18)8-10)16-9-12-6-4-3-5-11(12)2/h3-9H,15H2,1-2H3/b16-9-. The fourth-order valence-corrected chi connectivity index (χ4v) is 1.69. The number of hydrogen-bond acceptors (Lipinski definition) is 3. The van der Waals surface area contributed by atoms with Crippen molar-refractivity contribution in [1.29, 1.82) is 0 Å². The van der Waals surface area contributed by atoms with E-state index >= 15 is 0 Å². The molecule has 0 fully saturated rings. The number of benzene rings is 1. The fourth-order valence-electron chi connectivity index (χ4n) is 1.69. The Morgan fingerprint density at radius 2 is 1.94 bits per heavy atom. The molecule has 4 nitrogen and oxygen atoms in total. The molecule has 0 bridgehead atoms. The fraction of sp³-hybridized carbons (Fsp3) is 0.143. The van der Waals surface area contributed by atoms with Crippen LogP contribution in [0.5, 0.6) is 0 Å². The van der Waals surface area contributed by atoms with Crippen LogP contribution >= 0.6 is 0 Å².